The van der Waals surface area contributed by atoms with Crippen LogP contribution in [0.4, 0.5) is 0 Å². The first-order valence-electron chi connectivity index (χ1n) is 7.08. The van der Waals surface area contributed by atoms with Gasteiger partial charge in [0.25, 0.3) is 0 Å². The fourth-order valence-electron chi connectivity index (χ4n) is 1.90. The second-order valence-corrected chi connectivity index (χ2v) is 4.92. The third-order valence-electron chi connectivity index (χ3n) is 2.96. The molecule has 1 aromatic heterocycles. The summed E-state index contributed by atoms with van der Waals surface area (Å²) in [7, 11) is 3.86. The van der Waals surface area contributed by atoms with Crippen molar-refractivity contribution in [3.05, 3.63) is 29.6 Å². The summed E-state index contributed by atoms with van der Waals surface area (Å²) in [6.45, 7) is 6.89. The molecule has 1 heterocycles. The van der Waals surface area contributed by atoms with Gasteiger partial charge in [-0.25, -0.2) is 0 Å². The molecule has 4 heteroatoms. The third kappa shape index (κ3) is 7.25. The Morgan fingerprint density at radius 3 is 2.84 bits per heavy atom. The Balaban J connectivity index is 2.30. The smallest absolute Gasteiger partial charge is 0.0544 e. The maximum absolute atomic E-state index is 5.06. The van der Waals surface area contributed by atoms with Crippen molar-refractivity contribution in [1.29, 1.82) is 0 Å². The van der Waals surface area contributed by atoms with E-state index < -0.39 is 0 Å². The Morgan fingerprint density at radius 2 is 2.21 bits per heavy atom. The van der Waals surface area contributed by atoms with Crippen molar-refractivity contribution in [2.45, 2.75) is 32.9 Å². The highest BCUT2D eigenvalue weighted by atomic mass is 16.5. The van der Waals surface area contributed by atoms with Crippen LogP contribution in [0.15, 0.2) is 18.3 Å². The van der Waals surface area contributed by atoms with Crippen LogP contribution in [0, 0.1) is 0 Å². The van der Waals surface area contributed by atoms with Gasteiger partial charge in [0, 0.05) is 39.5 Å². The average molecular weight is 265 g/mol. The molecule has 4 nitrogen and oxygen atoms in total. The summed E-state index contributed by atoms with van der Waals surface area (Å²) in [5, 5.41) is 3.38. The molecule has 0 atom stereocenters. The molecule has 0 saturated heterocycles. The standard InChI is InChI=1S/C15H27N3O/c1-4-8-16-11-14-6-7-15(17-12-14)13-18(2)9-5-10-19-3/h6-7,12,16H,4-5,8-11,13H2,1-3H3. The van der Waals surface area contributed by atoms with Gasteiger partial charge >= 0.3 is 0 Å². The Kier molecular flexibility index (Phi) is 8.38. The van der Waals surface area contributed by atoms with E-state index in [9.17, 15) is 0 Å². The van der Waals surface area contributed by atoms with E-state index in [1.807, 2.05) is 6.20 Å². The van der Waals surface area contributed by atoms with E-state index in [4.69, 9.17) is 4.74 Å². The summed E-state index contributed by atoms with van der Waals surface area (Å²) < 4.78 is 5.06. The second kappa shape index (κ2) is 9.89. The lowest BCUT2D eigenvalue weighted by Crippen LogP contribution is -2.21. The van der Waals surface area contributed by atoms with Crippen molar-refractivity contribution in [2.75, 3.05) is 33.9 Å². The zero-order valence-electron chi connectivity index (χ0n) is 12.5. The summed E-state index contributed by atoms with van der Waals surface area (Å²) in [6.07, 6.45) is 4.20. The first kappa shape index (κ1) is 16.1. The van der Waals surface area contributed by atoms with E-state index in [0.29, 0.717) is 0 Å². The van der Waals surface area contributed by atoms with Crippen molar-refractivity contribution < 1.29 is 4.74 Å². The molecular formula is C15H27N3O. The van der Waals surface area contributed by atoms with Crippen LogP contribution in [0.2, 0.25) is 0 Å². The number of aromatic nitrogens is 1. The van der Waals surface area contributed by atoms with E-state index >= 15 is 0 Å². The molecule has 0 spiro atoms. The molecule has 19 heavy (non-hydrogen) atoms. The molecule has 0 aliphatic rings. The van der Waals surface area contributed by atoms with Gasteiger partial charge < -0.3 is 15.0 Å². The molecule has 1 N–H and O–H groups in total. The Bertz CT molecular complexity index is 327. The molecule has 0 aromatic carbocycles. The van der Waals surface area contributed by atoms with E-state index in [0.717, 1.165) is 51.3 Å². The summed E-state index contributed by atoms with van der Waals surface area (Å²) in [6, 6.07) is 4.28. The van der Waals surface area contributed by atoms with Crippen molar-refractivity contribution in [3.8, 4) is 0 Å². The van der Waals surface area contributed by atoms with Crippen LogP contribution in [-0.4, -0.2) is 43.7 Å². The van der Waals surface area contributed by atoms with Gasteiger partial charge in [-0.3, -0.25) is 4.98 Å². The lowest BCUT2D eigenvalue weighted by atomic mass is 10.2. The van der Waals surface area contributed by atoms with Crippen LogP contribution < -0.4 is 5.32 Å². The fraction of sp³-hybridized carbons (Fsp3) is 0.667. The molecule has 0 aliphatic heterocycles. The maximum Gasteiger partial charge on any atom is 0.0544 e. The van der Waals surface area contributed by atoms with Crippen LogP contribution in [0.5, 0.6) is 0 Å². The number of nitrogens with one attached hydrogen (secondary N) is 1. The van der Waals surface area contributed by atoms with E-state index in [2.05, 4.69) is 41.3 Å². The molecule has 0 aliphatic carbocycles. The van der Waals surface area contributed by atoms with Gasteiger partial charge in [-0.2, -0.15) is 0 Å². The number of hydrogen-bond donors (Lipinski definition) is 1. The van der Waals surface area contributed by atoms with Crippen LogP contribution in [-0.2, 0) is 17.8 Å². The predicted octanol–water partition coefficient (Wildman–Crippen LogP) is 2.05. The topological polar surface area (TPSA) is 37.4 Å². The third-order valence-corrected chi connectivity index (χ3v) is 2.96. The molecule has 1 aromatic rings. The van der Waals surface area contributed by atoms with Crippen molar-refractivity contribution in [2.24, 2.45) is 0 Å². The van der Waals surface area contributed by atoms with Crippen LogP contribution in [0.3, 0.4) is 0 Å². The maximum atomic E-state index is 5.06. The molecule has 0 saturated carbocycles. The molecule has 1 rings (SSSR count). The lowest BCUT2D eigenvalue weighted by molar-refractivity contribution is 0.178. The fourth-order valence-corrected chi connectivity index (χ4v) is 1.90. The average Bonchev–Trinajstić information content (AvgIpc) is 2.41. The highest BCUT2D eigenvalue weighted by Crippen LogP contribution is 2.03. The van der Waals surface area contributed by atoms with Crippen LogP contribution in [0.1, 0.15) is 31.0 Å². The molecule has 0 unspecified atom stereocenters. The van der Waals surface area contributed by atoms with Crippen LogP contribution >= 0.6 is 0 Å². The van der Waals surface area contributed by atoms with E-state index in [-0.39, 0.29) is 0 Å². The quantitative estimate of drug-likeness (QED) is 0.657. The first-order chi connectivity index (χ1) is 9.26. The largest absolute Gasteiger partial charge is 0.385 e. The van der Waals surface area contributed by atoms with Crippen molar-refractivity contribution in [1.82, 2.24) is 15.2 Å². The zero-order chi connectivity index (χ0) is 13.9. The van der Waals surface area contributed by atoms with Gasteiger partial charge in [-0.1, -0.05) is 13.0 Å². The number of rotatable bonds is 10. The SMILES string of the molecule is CCCNCc1ccc(CN(C)CCCOC)nc1. The van der Waals surface area contributed by atoms with Gasteiger partial charge in [-0.05, 0) is 38.1 Å². The van der Waals surface area contributed by atoms with Gasteiger partial charge in [0.2, 0.25) is 0 Å². The van der Waals surface area contributed by atoms with E-state index in [1.165, 1.54) is 5.56 Å². The summed E-state index contributed by atoms with van der Waals surface area (Å²) in [5.74, 6) is 0. The zero-order valence-corrected chi connectivity index (χ0v) is 12.5. The normalized spacial score (nSPS) is 11.2. The predicted molar refractivity (Wildman–Crippen MR) is 79.1 cm³/mol. The van der Waals surface area contributed by atoms with Crippen molar-refractivity contribution >= 4 is 0 Å². The Labute approximate surface area is 117 Å². The van der Waals surface area contributed by atoms with E-state index in [1.54, 1.807) is 7.11 Å². The van der Waals surface area contributed by atoms with Gasteiger partial charge in [0.1, 0.15) is 0 Å². The highest BCUT2D eigenvalue weighted by molar-refractivity contribution is 5.13. The lowest BCUT2D eigenvalue weighted by Gasteiger charge is -2.15. The molecule has 0 fully saturated rings. The number of pyridine rings is 1. The Morgan fingerprint density at radius 1 is 1.37 bits per heavy atom. The summed E-state index contributed by atoms with van der Waals surface area (Å²) >= 11 is 0. The minimum atomic E-state index is 0.819. The monoisotopic (exact) mass is 265 g/mol. The second-order valence-electron chi connectivity index (χ2n) is 4.92. The van der Waals surface area contributed by atoms with Gasteiger partial charge in [0.05, 0.1) is 5.69 Å². The molecule has 108 valence electrons. The molecule has 0 radical (unpaired) electrons. The van der Waals surface area contributed by atoms with Crippen LogP contribution in [0.25, 0.3) is 0 Å². The molecular weight excluding hydrogens is 238 g/mol. The minimum absolute atomic E-state index is 0.819. The van der Waals surface area contributed by atoms with Crippen molar-refractivity contribution in [3.63, 3.8) is 0 Å². The Hall–Kier alpha value is -0.970. The molecule has 0 amide bonds. The number of nitrogens with zero attached hydrogens (tertiary/aromatic N) is 2. The van der Waals surface area contributed by atoms with Gasteiger partial charge in [0.15, 0.2) is 0 Å². The summed E-state index contributed by atoms with van der Waals surface area (Å²) in [5.41, 5.74) is 2.37. The molecule has 0 bridgehead atoms. The number of hydrogen-bond acceptors (Lipinski definition) is 4. The minimum Gasteiger partial charge on any atom is -0.385 e. The number of ether oxygens (including phenoxy) is 1. The highest BCUT2D eigenvalue weighted by Gasteiger charge is 2.01. The first-order valence-corrected chi connectivity index (χ1v) is 7.08. The van der Waals surface area contributed by atoms with Gasteiger partial charge in [-0.15, -0.1) is 0 Å². The number of methoxy groups -OCH3 is 1. The summed E-state index contributed by atoms with van der Waals surface area (Å²) in [4.78, 5) is 6.79.